The maximum absolute atomic E-state index is 12.5. The van der Waals surface area contributed by atoms with Gasteiger partial charge in [0.1, 0.15) is 0 Å². The van der Waals surface area contributed by atoms with Crippen molar-refractivity contribution in [2.45, 2.75) is 0 Å². The van der Waals surface area contributed by atoms with Crippen LogP contribution in [0.4, 0.5) is 0 Å². The maximum atomic E-state index is 12.5. The molecule has 0 fully saturated rings. The van der Waals surface area contributed by atoms with Crippen LogP contribution in [-0.4, -0.2) is 58.3 Å². The summed E-state index contributed by atoms with van der Waals surface area (Å²) in [5.74, 6) is -2.20. The van der Waals surface area contributed by atoms with Crippen molar-refractivity contribution in [1.82, 2.24) is 10.2 Å². The Labute approximate surface area is 153 Å². The number of hydrogen-bond acceptors (Lipinski definition) is 5. The summed E-state index contributed by atoms with van der Waals surface area (Å²) in [6.07, 6.45) is 0. The Morgan fingerprint density at radius 1 is 1.00 bits per heavy atom. The molecule has 2 aromatic carbocycles. The number of hydrogen-bond donors (Lipinski definition) is 2. The molecule has 0 atom stereocenters. The zero-order chi connectivity index (χ0) is 18.7. The first-order valence-corrected chi connectivity index (χ1v) is 9.08. The maximum Gasteiger partial charge on any atom is 0.313 e. The number of imide groups is 1. The Morgan fingerprint density at radius 3 is 2.12 bits per heavy atom. The summed E-state index contributed by atoms with van der Waals surface area (Å²) >= 11 is 0.985. The van der Waals surface area contributed by atoms with Crippen LogP contribution in [-0.2, 0) is 9.59 Å². The first-order chi connectivity index (χ1) is 12.5. The van der Waals surface area contributed by atoms with Crippen LogP contribution in [0.25, 0.3) is 10.8 Å². The van der Waals surface area contributed by atoms with E-state index in [1.807, 2.05) is 24.3 Å². The van der Waals surface area contributed by atoms with Gasteiger partial charge in [0, 0.05) is 13.1 Å². The molecular formula is C18H16N2O5S. The molecule has 3 rings (SSSR count). The monoisotopic (exact) mass is 372 g/mol. The Bertz CT molecular complexity index is 857. The standard InChI is InChI=1S/C18H16N2O5S/c21-15(9-26-10-16(22)23)19-5-6-20-17(24)13-7-11-3-1-2-4-12(11)8-14(13)18(20)25/h1-4,7-8H,5-6,9-10H2,(H,19,21)(H,22,23). The van der Waals surface area contributed by atoms with Gasteiger partial charge in [-0.2, -0.15) is 0 Å². The molecular weight excluding hydrogens is 356 g/mol. The highest BCUT2D eigenvalue weighted by Gasteiger charge is 2.35. The third-order valence-corrected chi connectivity index (χ3v) is 4.87. The van der Waals surface area contributed by atoms with Crippen molar-refractivity contribution in [2.24, 2.45) is 0 Å². The lowest BCUT2D eigenvalue weighted by Crippen LogP contribution is -2.38. The molecule has 2 aromatic rings. The number of carbonyl (C=O) groups is 4. The molecule has 26 heavy (non-hydrogen) atoms. The van der Waals surface area contributed by atoms with Gasteiger partial charge in [-0.25, -0.2) is 0 Å². The summed E-state index contributed by atoms with van der Waals surface area (Å²) in [5, 5.41) is 12.9. The highest BCUT2D eigenvalue weighted by molar-refractivity contribution is 8.00. The number of rotatable bonds is 7. The van der Waals surface area contributed by atoms with Gasteiger partial charge < -0.3 is 10.4 Å². The van der Waals surface area contributed by atoms with Crippen LogP contribution >= 0.6 is 11.8 Å². The van der Waals surface area contributed by atoms with Gasteiger partial charge in [-0.1, -0.05) is 24.3 Å². The average Bonchev–Trinajstić information content (AvgIpc) is 2.84. The molecule has 8 heteroatoms. The minimum Gasteiger partial charge on any atom is -0.481 e. The second-order valence-corrected chi connectivity index (χ2v) is 6.73. The topological polar surface area (TPSA) is 104 Å². The quantitative estimate of drug-likeness (QED) is 0.712. The fraction of sp³-hybridized carbons (Fsp3) is 0.222. The Kier molecular flexibility index (Phi) is 5.22. The molecule has 134 valence electrons. The summed E-state index contributed by atoms with van der Waals surface area (Å²) in [6, 6.07) is 10.9. The fourth-order valence-electron chi connectivity index (χ4n) is 2.77. The van der Waals surface area contributed by atoms with E-state index in [0.29, 0.717) is 11.1 Å². The molecule has 3 amide bonds. The summed E-state index contributed by atoms with van der Waals surface area (Å²) in [4.78, 5) is 48.1. The molecule has 0 unspecified atom stereocenters. The van der Waals surface area contributed by atoms with Crippen molar-refractivity contribution >= 4 is 46.2 Å². The normalized spacial score (nSPS) is 13.2. The van der Waals surface area contributed by atoms with E-state index in [-0.39, 0.29) is 42.3 Å². The van der Waals surface area contributed by atoms with Crippen LogP contribution in [0.5, 0.6) is 0 Å². The van der Waals surface area contributed by atoms with E-state index < -0.39 is 5.97 Å². The summed E-state index contributed by atoms with van der Waals surface area (Å²) in [6.45, 7) is 0.190. The fourth-order valence-corrected chi connectivity index (χ4v) is 3.33. The molecule has 0 aromatic heterocycles. The average molecular weight is 372 g/mol. The minimum atomic E-state index is -0.985. The van der Waals surface area contributed by atoms with Crippen molar-refractivity contribution in [1.29, 1.82) is 0 Å². The number of carboxylic acids is 1. The number of aliphatic carboxylic acids is 1. The third-order valence-electron chi connectivity index (χ3n) is 3.95. The molecule has 0 aliphatic carbocycles. The summed E-state index contributed by atoms with van der Waals surface area (Å²) in [5.41, 5.74) is 0.745. The number of carbonyl (C=O) groups excluding carboxylic acids is 3. The number of nitrogens with one attached hydrogen (secondary N) is 1. The van der Waals surface area contributed by atoms with Gasteiger partial charge in [0.05, 0.1) is 22.6 Å². The molecule has 1 aliphatic rings. The molecule has 1 aliphatic heterocycles. The van der Waals surface area contributed by atoms with E-state index in [1.54, 1.807) is 12.1 Å². The predicted molar refractivity (Wildman–Crippen MR) is 97.3 cm³/mol. The van der Waals surface area contributed by atoms with E-state index >= 15 is 0 Å². The van der Waals surface area contributed by atoms with Crippen molar-refractivity contribution in [3.05, 3.63) is 47.5 Å². The van der Waals surface area contributed by atoms with E-state index in [2.05, 4.69) is 5.32 Å². The van der Waals surface area contributed by atoms with Gasteiger partial charge in [0.25, 0.3) is 11.8 Å². The molecule has 7 nitrogen and oxygen atoms in total. The van der Waals surface area contributed by atoms with Crippen LogP contribution in [0.2, 0.25) is 0 Å². The van der Waals surface area contributed by atoms with Crippen LogP contribution in [0, 0.1) is 0 Å². The molecule has 2 N–H and O–H groups in total. The molecule has 0 spiro atoms. The van der Waals surface area contributed by atoms with Crippen molar-refractivity contribution in [3.8, 4) is 0 Å². The lowest BCUT2D eigenvalue weighted by Gasteiger charge is -2.14. The highest BCUT2D eigenvalue weighted by atomic mass is 32.2. The second kappa shape index (κ2) is 7.57. The Morgan fingerprint density at radius 2 is 1.58 bits per heavy atom. The van der Waals surface area contributed by atoms with E-state index in [9.17, 15) is 19.2 Å². The number of fused-ring (bicyclic) bond motifs is 2. The van der Waals surface area contributed by atoms with E-state index in [1.165, 1.54) is 0 Å². The SMILES string of the molecule is O=C(O)CSCC(=O)NCCN1C(=O)c2cc3ccccc3cc2C1=O. The van der Waals surface area contributed by atoms with Gasteiger partial charge >= 0.3 is 5.97 Å². The van der Waals surface area contributed by atoms with Crippen LogP contribution in [0.3, 0.4) is 0 Å². The lowest BCUT2D eigenvalue weighted by atomic mass is 10.0. The number of thioether (sulfide) groups is 1. The van der Waals surface area contributed by atoms with Crippen molar-refractivity contribution in [3.63, 3.8) is 0 Å². The zero-order valence-corrected chi connectivity index (χ0v) is 14.5. The van der Waals surface area contributed by atoms with Gasteiger partial charge in [0.2, 0.25) is 5.91 Å². The third kappa shape index (κ3) is 3.70. The highest BCUT2D eigenvalue weighted by Crippen LogP contribution is 2.27. The van der Waals surface area contributed by atoms with Crippen LogP contribution < -0.4 is 5.32 Å². The number of amides is 3. The first kappa shape index (κ1) is 17.9. The zero-order valence-electron chi connectivity index (χ0n) is 13.7. The number of nitrogens with zero attached hydrogens (tertiary/aromatic N) is 1. The molecule has 0 saturated heterocycles. The Hall–Kier alpha value is -2.87. The second-order valence-electron chi connectivity index (χ2n) is 5.74. The van der Waals surface area contributed by atoms with E-state index in [0.717, 1.165) is 27.4 Å². The van der Waals surface area contributed by atoms with Gasteiger partial charge in [-0.3, -0.25) is 24.1 Å². The predicted octanol–water partition coefficient (Wildman–Crippen LogP) is 1.37. The minimum absolute atomic E-state index is 0.0137. The summed E-state index contributed by atoms with van der Waals surface area (Å²) in [7, 11) is 0. The number of benzene rings is 2. The van der Waals surface area contributed by atoms with Gasteiger partial charge in [-0.05, 0) is 22.9 Å². The Balaban J connectivity index is 1.60. The van der Waals surface area contributed by atoms with Crippen LogP contribution in [0.15, 0.2) is 36.4 Å². The summed E-state index contributed by atoms with van der Waals surface area (Å²) < 4.78 is 0. The largest absolute Gasteiger partial charge is 0.481 e. The molecule has 0 radical (unpaired) electrons. The van der Waals surface area contributed by atoms with Crippen LogP contribution in [0.1, 0.15) is 20.7 Å². The molecule has 0 bridgehead atoms. The molecule has 1 heterocycles. The van der Waals surface area contributed by atoms with Gasteiger partial charge in [-0.15, -0.1) is 11.8 Å². The molecule has 0 saturated carbocycles. The van der Waals surface area contributed by atoms with Crippen molar-refractivity contribution in [2.75, 3.05) is 24.6 Å². The lowest BCUT2D eigenvalue weighted by molar-refractivity contribution is -0.133. The van der Waals surface area contributed by atoms with Crippen molar-refractivity contribution < 1.29 is 24.3 Å². The van der Waals surface area contributed by atoms with E-state index in [4.69, 9.17) is 5.11 Å². The number of carboxylic acid groups (broad SMARTS) is 1. The van der Waals surface area contributed by atoms with Gasteiger partial charge in [0.15, 0.2) is 0 Å². The first-order valence-electron chi connectivity index (χ1n) is 7.92. The smallest absolute Gasteiger partial charge is 0.313 e.